The Morgan fingerprint density at radius 1 is 0.658 bits per heavy atom. The molecule has 0 radical (unpaired) electrons. The molecule has 6 aromatic rings. The number of anilines is 1. The van der Waals surface area contributed by atoms with Gasteiger partial charge >= 0.3 is 0 Å². The third kappa shape index (κ3) is 3.76. The second kappa shape index (κ2) is 9.12. The highest BCUT2D eigenvalue weighted by molar-refractivity contribution is 6.09. The molecule has 0 bridgehead atoms. The van der Waals surface area contributed by atoms with E-state index in [9.17, 15) is 0 Å². The molecule has 7 rings (SSSR count). The first-order valence-electron chi connectivity index (χ1n) is 12.7. The van der Waals surface area contributed by atoms with E-state index in [2.05, 4.69) is 118 Å². The number of hydrogen-bond donors (Lipinski definition) is 0. The van der Waals surface area contributed by atoms with Crippen molar-refractivity contribution < 1.29 is 4.74 Å². The smallest absolute Gasteiger partial charge is 0.137 e. The number of hydrogen-bond acceptors (Lipinski definition) is 4. The Morgan fingerprint density at radius 3 is 2.32 bits per heavy atom. The van der Waals surface area contributed by atoms with Gasteiger partial charge in [-0.25, -0.2) is 4.98 Å². The molecule has 2 aromatic heterocycles. The summed E-state index contributed by atoms with van der Waals surface area (Å²) in [4.78, 5) is 9.12. The van der Waals surface area contributed by atoms with Gasteiger partial charge in [0.05, 0.1) is 11.0 Å². The largest absolute Gasteiger partial charge is 0.457 e. The molecule has 38 heavy (non-hydrogen) atoms. The fraction of sp³-hybridized carbons (Fsp3) is 0.0606. The maximum Gasteiger partial charge on any atom is 0.137 e. The Kier molecular flexibility index (Phi) is 5.33. The number of ether oxygens (including phenoxy) is 1. The standard InChI is InChI=1S/C33H26N4O/c1-35-20-21-36(33(35)24-10-3-2-4-11-24)25-12-9-13-26(22-25)38-27-17-18-29-28-14-5-6-15-30(28)37(31(29)23-27)32-16-7-8-19-34-32/h2-23,33H,1H3. The Labute approximate surface area is 221 Å². The highest BCUT2D eigenvalue weighted by Gasteiger charge is 2.26. The topological polar surface area (TPSA) is 33.5 Å². The number of nitrogens with zero attached hydrogens (tertiary/aromatic N) is 4. The van der Waals surface area contributed by atoms with Gasteiger partial charge < -0.3 is 14.5 Å². The van der Waals surface area contributed by atoms with Crippen LogP contribution in [0.25, 0.3) is 27.6 Å². The highest BCUT2D eigenvalue weighted by atomic mass is 16.5. The van der Waals surface area contributed by atoms with E-state index in [-0.39, 0.29) is 6.17 Å². The molecule has 0 amide bonds. The molecule has 0 saturated carbocycles. The van der Waals surface area contributed by atoms with Crippen molar-refractivity contribution in [3.05, 3.63) is 139 Å². The average molecular weight is 495 g/mol. The summed E-state index contributed by atoms with van der Waals surface area (Å²) in [5.74, 6) is 2.45. The minimum absolute atomic E-state index is 0.0943. The van der Waals surface area contributed by atoms with Crippen molar-refractivity contribution in [2.45, 2.75) is 6.17 Å². The van der Waals surface area contributed by atoms with E-state index in [1.807, 2.05) is 42.6 Å². The molecule has 1 aliphatic rings. The van der Waals surface area contributed by atoms with E-state index in [1.54, 1.807) is 0 Å². The fourth-order valence-electron chi connectivity index (χ4n) is 5.37. The van der Waals surface area contributed by atoms with Crippen LogP contribution >= 0.6 is 0 Å². The van der Waals surface area contributed by atoms with Gasteiger partial charge in [-0.15, -0.1) is 0 Å². The molecule has 0 N–H and O–H groups in total. The van der Waals surface area contributed by atoms with E-state index >= 15 is 0 Å². The van der Waals surface area contributed by atoms with Crippen molar-refractivity contribution >= 4 is 27.5 Å². The molecular formula is C33H26N4O. The molecule has 3 heterocycles. The summed E-state index contributed by atoms with van der Waals surface area (Å²) in [6.45, 7) is 0. The van der Waals surface area contributed by atoms with E-state index in [0.29, 0.717) is 0 Å². The molecule has 1 aliphatic heterocycles. The SMILES string of the molecule is CN1C=CN(c2cccc(Oc3ccc4c5ccccc5n(-c5ccccn5)c4c3)c2)C1c1ccccc1. The Morgan fingerprint density at radius 2 is 1.45 bits per heavy atom. The molecule has 184 valence electrons. The number of rotatable bonds is 5. The Balaban J connectivity index is 1.26. The van der Waals surface area contributed by atoms with E-state index in [4.69, 9.17) is 4.74 Å². The summed E-state index contributed by atoms with van der Waals surface area (Å²) in [6, 6.07) is 39.5. The van der Waals surface area contributed by atoms with Gasteiger partial charge in [0.2, 0.25) is 0 Å². The summed E-state index contributed by atoms with van der Waals surface area (Å²) < 4.78 is 8.64. The van der Waals surface area contributed by atoms with E-state index < -0.39 is 0 Å². The van der Waals surface area contributed by atoms with Crippen molar-refractivity contribution in [3.8, 4) is 17.3 Å². The number of fused-ring (bicyclic) bond motifs is 3. The second-order valence-corrected chi connectivity index (χ2v) is 9.47. The highest BCUT2D eigenvalue weighted by Crippen LogP contribution is 2.38. The average Bonchev–Trinajstić information content (AvgIpc) is 3.51. The van der Waals surface area contributed by atoms with Crippen molar-refractivity contribution in [3.63, 3.8) is 0 Å². The summed E-state index contributed by atoms with van der Waals surface area (Å²) in [7, 11) is 2.10. The van der Waals surface area contributed by atoms with Crippen LogP contribution in [-0.4, -0.2) is 21.5 Å². The van der Waals surface area contributed by atoms with Gasteiger partial charge in [-0.05, 0) is 48.0 Å². The monoisotopic (exact) mass is 494 g/mol. The molecule has 0 saturated heterocycles. The first-order chi connectivity index (χ1) is 18.8. The van der Waals surface area contributed by atoms with Crippen LogP contribution in [0.1, 0.15) is 11.7 Å². The van der Waals surface area contributed by atoms with Gasteiger partial charge in [-0.3, -0.25) is 4.57 Å². The molecule has 5 nitrogen and oxygen atoms in total. The zero-order chi connectivity index (χ0) is 25.5. The van der Waals surface area contributed by atoms with Crippen molar-refractivity contribution in [1.29, 1.82) is 0 Å². The zero-order valence-electron chi connectivity index (χ0n) is 21.0. The third-order valence-electron chi connectivity index (χ3n) is 7.08. The maximum atomic E-state index is 6.44. The molecule has 1 atom stereocenters. The van der Waals surface area contributed by atoms with Gasteiger partial charge in [0.25, 0.3) is 0 Å². The van der Waals surface area contributed by atoms with Crippen LogP contribution in [0.2, 0.25) is 0 Å². The number of para-hydroxylation sites is 1. The molecule has 4 aromatic carbocycles. The maximum absolute atomic E-state index is 6.44. The Bertz CT molecular complexity index is 1780. The first kappa shape index (κ1) is 22.2. The Hall–Kier alpha value is -5.03. The van der Waals surface area contributed by atoms with Crippen molar-refractivity contribution in [1.82, 2.24) is 14.5 Å². The van der Waals surface area contributed by atoms with Crippen LogP contribution < -0.4 is 9.64 Å². The molecule has 5 heteroatoms. The normalized spacial score (nSPS) is 15.0. The van der Waals surface area contributed by atoms with Crippen LogP contribution in [0.3, 0.4) is 0 Å². The van der Waals surface area contributed by atoms with Crippen molar-refractivity contribution in [2.24, 2.45) is 0 Å². The van der Waals surface area contributed by atoms with Gasteiger partial charge in [-0.1, -0.05) is 60.7 Å². The third-order valence-corrected chi connectivity index (χ3v) is 7.08. The van der Waals surface area contributed by atoms with Gasteiger partial charge in [0, 0.05) is 54.2 Å². The van der Waals surface area contributed by atoms with E-state index in [0.717, 1.165) is 34.0 Å². The molecular weight excluding hydrogens is 468 g/mol. The van der Waals surface area contributed by atoms with Gasteiger partial charge in [-0.2, -0.15) is 0 Å². The van der Waals surface area contributed by atoms with Crippen LogP contribution in [0.4, 0.5) is 5.69 Å². The second-order valence-electron chi connectivity index (χ2n) is 9.47. The summed E-state index contributed by atoms with van der Waals surface area (Å²) in [5.41, 5.74) is 4.49. The van der Waals surface area contributed by atoms with E-state index in [1.165, 1.54) is 16.3 Å². The molecule has 0 spiro atoms. The molecule has 1 unspecified atom stereocenters. The fourth-order valence-corrected chi connectivity index (χ4v) is 5.37. The number of pyridine rings is 1. The summed E-state index contributed by atoms with van der Waals surface area (Å²) in [6.07, 6.45) is 6.15. The predicted molar refractivity (Wildman–Crippen MR) is 154 cm³/mol. The lowest BCUT2D eigenvalue weighted by molar-refractivity contribution is 0.368. The number of benzene rings is 4. The molecule has 0 aliphatic carbocycles. The first-order valence-corrected chi connectivity index (χ1v) is 12.7. The van der Waals surface area contributed by atoms with Gasteiger partial charge in [0.1, 0.15) is 23.5 Å². The minimum atomic E-state index is 0.0943. The van der Waals surface area contributed by atoms with Gasteiger partial charge in [0.15, 0.2) is 0 Å². The summed E-state index contributed by atoms with van der Waals surface area (Å²) >= 11 is 0. The lowest BCUT2D eigenvalue weighted by Gasteiger charge is -2.31. The van der Waals surface area contributed by atoms with Crippen LogP contribution in [0.5, 0.6) is 11.5 Å². The van der Waals surface area contributed by atoms with Crippen LogP contribution in [0.15, 0.2) is 134 Å². The summed E-state index contributed by atoms with van der Waals surface area (Å²) in [5, 5.41) is 2.36. The zero-order valence-corrected chi connectivity index (χ0v) is 21.0. The lowest BCUT2D eigenvalue weighted by atomic mass is 10.1. The van der Waals surface area contributed by atoms with Crippen molar-refractivity contribution in [2.75, 3.05) is 11.9 Å². The minimum Gasteiger partial charge on any atom is -0.457 e. The predicted octanol–water partition coefficient (Wildman–Crippen LogP) is 7.89. The molecule has 0 fully saturated rings. The lowest BCUT2D eigenvalue weighted by Crippen LogP contribution is -2.28. The van der Waals surface area contributed by atoms with Crippen LogP contribution in [-0.2, 0) is 0 Å². The quantitative estimate of drug-likeness (QED) is 0.244. The number of aromatic nitrogens is 2. The van der Waals surface area contributed by atoms with Crippen LogP contribution in [0, 0.1) is 0 Å².